The zero-order chi connectivity index (χ0) is 10.5. The molecule has 1 aromatic heterocycles. The van der Waals surface area contributed by atoms with E-state index in [1.807, 2.05) is 0 Å². The van der Waals surface area contributed by atoms with Crippen molar-refractivity contribution in [2.45, 2.75) is 32.3 Å². The summed E-state index contributed by atoms with van der Waals surface area (Å²) < 4.78 is 10.7. The van der Waals surface area contributed by atoms with Crippen molar-refractivity contribution in [2.24, 2.45) is 0 Å². The Labute approximate surface area is 89.2 Å². The highest BCUT2D eigenvalue weighted by Crippen LogP contribution is 2.15. The molecule has 1 aromatic rings. The molecular weight excluding hydrogens is 194 g/mol. The van der Waals surface area contributed by atoms with Crippen LogP contribution in [0.4, 0.5) is 0 Å². The van der Waals surface area contributed by atoms with E-state index in [1.54, 1.807) is 0 Å². The Morgan fingerprint density at radius 3 is 3.20 bits per heavy atom. The highest BCUT2D eigenvalue weighted by atomic mass is 16.5. The first-order chi connectivity index (χ1) is 7.40. The lowest BCUT2D eigenvalue weighted by Crippen LogP contribution is -2.33. The fourth-order valence-electron chi connectivity index (χ4n) is 1.56. The summed E-state index contributed by atoms with van der Waals surface area (Å²) >= 11 is 0. The summed E-state index contributed by atoms with van der Waals surface area (Å²) in [4.78, 5) is 4.33. The maximum Gasteiger partial charge on any atom is 0.226 e. The zero-order valence-corrected chi connectivity index (χ0v) is 9.03. The van der Waals surface area contributed by atoms with Gasteiger partial charge in [-0.1, -0.05) is 18.5 Å². The predicted octanol–water partition coefficient (Wildman–Crippen LogP) is 1.07. The molecule has 0 saturated carbocycles. The molecule has 1 aliphatic heterocycles. The molecule has 5 nitrogen and oxygen atoms in total. The molecule has 1 unspecified atom stereocenters. The van der Waals surface area contributed by atoms with Gasteiger partial charge in [0.1, 0.15) is 6.10 Å². The van der Waals surface area contributed by atoms with Gasteiger partial charge in [0.15, 0.2) is 0 Å². The number of hydrogen-bond acceptors (Lipinski definition) is 5. The van der Waals surface area contributed by atoms with Gasteiger partial charge in [0.2, 0.25) is 11.7 Å². The number of nitrogens with one attached hydrogen (secondary N) is 1. The molecule has 0 aromatic carbocycles. The molecule has 0 spiro atoms. The second-order valence-corrected chi connectivity index (χ2v) is 3.71. The largest absolute Gasteiger partial charge is 0.367 e. The minimum absolute atomic E-state index is 0.0436. The number of unbranched alkanes of at least 4 members (excludes halogenated alkanes) is 1. The van der Waals surface area contributed by atoms with E-state index in [0.717, 1.165) is 38.2 Å². The van der Waals surface area contributed by atoms with Crippen LogP contribution in [-0.2, 0) is 11.2 Å². The first-order valence-corrected chi connectivity index (χ1v) is 5.55. The van der Waals surface area contributed by atoms with E-state index in [4.69, 9.17) is 9.26 Å². The highest BCUT2D eigenvalue weighted by molar-refractivity contribution is 4.93. The van der Waals surface area contributed by atoms with Crippen molar-refractivity contribution in [2.75, 3.05) is 19.7 Å². The molecule has 0 bridgehead atoms. The minimum Gasteiger partial charge on any atom is -0.367 e. The van der Waals surface area contributed by atoms with E-state index in [-0.39, 0.29) is 6.10 Å². The molecule has 2 heterocycles. The van der Waals surface area contributed by atoms with Crippen LogP contribution in [0.15, 0.2) is 4.52 Å². The van der Waals surface area contributed by atoms with Crippen molar-refractivity contribution >= 4 is 0 Å². The monoisotopic (exact) mass is 211 g/mol. The summed E-state index contributed by atoms with van der Waals surface area (Å²) in [5.41, 5.74) is 0. The molecule has 1 saturated heterocycles. The van der Waals surface area contributed by atoms with Crippen LogP contribution in [0.2, 0.25) is 0 Å². The number of aryl methyl sites for hydroxylation is 1. The van der Waals surface area contributed by atoms with Crippen molar-refractivity contribution in [1.29, 1.82) is 0 Å². The molecule has 1 N–H and O–H groups in total. The molecule has 0 radical (unpaired) electrons. The van der Waals surface area contributed by atoms with E-state index < -0.39 is 0 Å². The van der Waals surface area contributed by atoms with Gasteiger partial charge >= 0.3 is 0 Å². The summed E-state index contributed by atoms with van der Waals surface area (Å²) in [5.74, 6) is 1.40. The number of hydrogen-bond donors (Lipinski definition) is 1. The summed E-state index contributed by atoms with van der Waals surface area (Å²) in [6.07, 6.45) is 3.05. The molecule has 84 valence electrons. The highest BCUT2D eigenvalue weighted by Gasteiger charge is 2.21. The van der Waals surface area contributed by atoms with Crippen molar-refractivity contribution in [3.8, 4) is 0 Å². The van der Waals surface area contributed by atoms with Gasteiger partial charge in [-0.15, -0.1) is 0 Å². The van der Waals surface area contributed by atoms with Crippen LogP contribution >= 0.6 is 0 Å². The predicted molar refractivity (Wildman–Crippen MR) is 54.5 cm³/mol. The first-order valence-electron chi connectivity index (χ1n) is 5.55. The van der Waals surface area contributed by atoms with Crippen molar-refractivity contribution in [3.05, 3.63) is 11.7 Å². The van der Waals surface area contributed by atoms with E-state index in [2.05, 4.69) is 22.4 Å². The van der Waals surface area contributed by atoms with Gasteiger partial charge < -0.3 is 14.6 Å². The van der Waals surface area contributed by atoms with E-state index in [9.17, 15) is 0 Å². The Bertz CT molecular complexity index is 295. The molecule has 1 fully saturated rings. The molecule has 0 aliphatic carbocycles. The molecule has 15 heavy (non-hydrogen) atoms. The summed E-state index contributed by atoms with van der Waals surface area (Å²) in [5, 5.41) is 7.18. The van der Waals surface area contributed by atoms with Crippen LogP contribution in [0.25, 0.3) is 0 Å². The number of nitrogens with zero attached hydrogens (tertiary/aromatic N) is 2. The van der Waals surface area contributed by atoms with Crippen molar-refractivity contribution < 1.29 is 9.26 Å². The second-order valence-electron chi connectivity index (χ2n) is 3.71. The van der Waals surface area contributed by atoms with E-state index in [1.165, 1.54) is 0 Å². The third-order valence-electron chi connectivity index (χ3n) is 2.44. The van der Waals surface area contributed by atoms with Crippen LogP contribution in [0, 0.1) is 0 Å². The fraction of sp³-hybridized carbons (Fsp3) is 0.800. The van der Waals surface area contributed by atoms with E-state index >= 15 is 0 Å². The number of ether oxygens (including phenoxy) is 1. The van der Waals surface area contributed by atoms with Gasteiger partial charge in [0, 0.05) is 19.5 Å². The van der Waals surface area contributed by atoms with Crippen LogP contribution in [-0.4, -0.2) is 29.8 Å². The van der Waals surface area contributed by atoms with Gasteiger partial charge in [-0.2, -0.15) is 4.98 Å². The van der Waals surface area contributed by atoms with Gasteiger partial charge in [-0.05, 0) is 6.42 Å². The van der Waals surface area contributed by atoms with Gasteiger partial charge in [0.05, 0.1) is 6.61 Å². The number of rotatable bonds is 4. The molecule has 2 rings (SSSR count). The Kier molecular flexibility index (Phi) is 3.69. The van der Waals surface area contributed by atoms with Gasteiger partial charge in [0.25, 0.3) is 0 Å². The summed E-state index contributed by atoms with van der Waals surface area (Å²) in [7, 11) is 0. The van der Waals surface area contributed by atoms with Crippen molar-refractivity contribution in [1.82, 2.24) is 15.5 Å². The van der Waals surface area contributed by atoms with Crippen LogP contribution in [0.3, 0.4) is 0 Å². The molecule has 5 heteroatoms. The quantitative estimate of drug-likeness (QED) is 0.807. The fourth-order valence-corrected chi connectivity index (χ4v) is 1.56. The second kappa shape index (κ2) is 5.23. The first kappa shape index (κ1) is 10.6. The molecular formula is C10H17N3O2. The Balaban J connectivity index is 1.93. The standard InChI is InChI=1S/C10H17N3O2/c1-2-3-4-9-12-10(13-15-9)8-7-11-5-6-14-8/h8,11H,2-7H2,1H3. The Morgan fingerprint density at radius 1 is 1.53 bits per heavy atom. The average Bonchev–Trinajstić information content (AvgIpc) is 2.76. The molecule has 1 atom stereocenters. The normalized spacial score (nSPS) is 21.8. The SMILES string of the molecule is CCCCc1nc(C2CNCCO2)no1. The lowest BCUT2D eigenvalue weighted by Gasteiger charge is -2.20. The number of morpholine rings is 1. The smallest absolute Gasteiger partial charge is 0.226 e. The summed E-state index contributed by atoms with van der Waals surface area (Å²) in [6, 6.07) is 0. The Morgan fingerprint density at radius 2 is 2.47 bits per heavy atom. The third kappa shape index (κ3) is 2.76. The lowest BCUT2D eigenvalue weighted by atomic mass is 10.2. The average molecular weight is 211 g/mol. The maximum absolute atomic E-state index is 5.53. The zero-order valence-electron chi connectivity index (χ0n) is 9.03. The van der Waals surface area contributed by atoms with Crippen LogP contribution in [0.1, 0.15) is 37.6 Å². The lowest BCUT2D eigenvalue weighted by molar-refractivity contribution is 0.0208. The molecule has 1 aliphatic rings. The van der Waals surface area contributed by atoms with Crippen molar-refractivity contribution in [3.63, 3.8) is 0 Å². The van der Waals surface area contributed by atoms with E-state index in [0.29, 0.717) is 12.4 Å². The number of aromatic nitrogens is 2. The van der Waals surface area contributed by atoms with Crippen LogP contribution < -0.4 is 5.32 Å². The van der Waals surface area contributed by atoms with Gasteiger partial charge in [-0.25, -0.2) is 0 Å². The summed E-state index contributed by atoms with van der Waals surface area (Å²) in [6.45, 7) is 4.53. The van der Waals surface area contributed by atoms with Gasteiger partial charge in [-0.3, -0.25) is 0 Å². The molecule has 0 amide bonds. The van der Waals surface area contributed by atoms with Crippen LogP contribution in [0.5, 0.6) is 0 Å². The minimum atomic E-state index is -0.0436. The maximum atomic E-state index is 5.53. The topological polar surface area (TPSA) is 60.2 Å². The Hall–Kier alpha value is -0.940. The third-order valence-corrected chi connectivity index (χ3v) is 2.44.